The van der Waals surface area contributed by atoms with Crippen LogP contribution in [0.25, 0.3) is 0 Å². The van der Waals surface area contributed by atoms with Crippen molar-refractivity contribution >= 4 is 12.0 Å². The standard InChI is InChI=1S/C15H26N2O3/c1-10-5-2-3-6-11(10)9-16-15(20)17-13-8-4-7-12(13)14(18)19/h10-13H,2-9H2,1H3,(H,18,19)(H2,16,17,20). The zero-order valence-electron chi connectivity index (χ0n) is 12.2. The molecule has 5 nitrogen and oxygen atoms in total. The van der Waals surface area contributed by atoms with Gasteiger partial charge in [-0.05, 0) is 31.1 Å². The third kappa shape index (κ3) is 3.87. The monoisotopic (exact) mass is 282 g/mol. The SMILES string of the molecule is CC1CCCCC1CNC(=O)NC1CCCC1C(=O)O. The number of rotatable bonds is 4. The molecular formula is C15H26N2O3. The Labute approximate surface area is 120 Å². The lowest BCUT2D eigenvalue weighted by Gasteiger charge is -2.29. The highest BCUT2D eigenvalue weighted by Crippen LogP contribution is 2.29. The highest BCUT2D eigenvalue weighted by atomic mass is 16.4. The first-order valence-corrected chi connectivity index (χ1v) is 7.85. The van der Waals surface area contributed by atoms with Crippen molar-refractivity contribution in [3.8, 4) is 0 Å². The lowest BCUT2D eigenvalue weighted by molar-refractivity contribution is -0.142. The molecule has 0 aromatic heterocycles. The first-order chi connectivity index (χ1) is 9.58. The van der Waals surface area contributed by atoms with Crippen molar-refractivity contribution in [2.75, 3.05) is 6.54 Å². The summed E-state index contributed by atoms with van der Waals surface area (Å²) in [6.45, 7) is 2.96. The van der Waals surface area contributed by atoms with Gasteiger partial charge in [0.15, 0.2) is 0 Å². The molecule has 0 bridgehead atoms. The molecule has 0 spiro atoms. The fourth-order valence-electron chi connectivity index (χ4n) is 3.57. The first kappa shape index (κ1) is 15.1. The predicted octanol–water partition coefficient (Wildman–Crippen LogP) is 2.37. The van der Waals surface area contributed by atoms with E-state index in [1.165, 1.54) is 25.7 Å². The van der Waals surface area contributed by atoms with Crippen LogP contribution in [-0.4, -0.2) is 29.7 Å². The molecule has 0 aliphatic heterocycles. The molecule has 5 heteroatoms. The number of urea groups is 1. The van der Waals surface area contributed by atoms with Gasteiger partial charge in [0.25, 0.3) is 0 Å². The smallest absolute Gasteiger partial charge is 0.315 e. The Bertz CT molecular complexity index is 359. The summed E-state index contributed by atoms with van der Waals surface area (Å²) in [7, 11) is 0. The molecule has 2 aliphatic carbocycles. The van der Waals surface area contributed by atoms with Crippen LogP contribution in [0.4, 0.5) is 4.79 Å². The maximum Gasteiger partial charge on any atom is 0.315 e. The van der Waals surface area contributed by atoms with Gasteiger partial charge >= 0.3 is 12.0 Å². The van der Waals surface area contributed by atoms with E-state index in [0.717, 1.165) is 12.8 Å². The Balaban J connectivity index is 1.73. The molecule has 0 radical (unpaired) electrons. The quantitative estimate of drug-likeness (QED) is 0.740. The second kappa shape index (κ2) is 6.95. The lowest BCUT2D eigenvalue weighted by atomic mass is 9.80. The Morgan fingerprint density at radius 3 is 2.55 bits per heavy atom. The van der Waals surface area contributed by atoms with Gasteiger partial charge in [0.1, 0.15) is 0 Å². The number of nitrogens with one attached hydrogen (secondary N) is 2. The maximum atomic E-state index is 11.9. The lowest BCUT2D eigenvalue weighted by Crippen LogP contribution is -2.47. The van der Waals surface area contributed by atoms with Crippen molar-refractivity contribution in [3.05, 3.63) is 0 Å². The summed E-state index contributed by atoms with van der Waals surface area (Å²) in [5, 5.41) is 14.9. The molecule has 0 aromatic carbocycles. The van der Waals surface area contributed by atoms with Gasteiger partial charge in [-0.1, -0.05) is 32.6 Å². The van der Waals surface area contributed by atoms with E-state index in [4.69, 9.17) is 5.11 Å². The molecule has 2 saturated carbocycles. The van der Waals surface area contributed by atoms with Crippen molar-refractivity contribution in [3.63, 3.8) is 0 Å². The molecule has 0 saturated heterocycles. The number of hydrogen-bond acceptors (Lipinski definition) is 2. The van der Waals surface area contributed by atoms with Crippen LogP contribution < -0.4 is 10.6 Å². The number of amides is 2. The van der Waals surface area contributed by atoms with Crippen LogP contribution in [0, 0.1) is 17.8 Å². The molecule has 4 unspecified atom stereocenters. The summed E-state index contributed by atoms with van der Waals surface area (Å²) in [6, 6.07) is -0.419. The van der Waals surface area contributed by atoms with Crippen LogP contribution in [0.1, 0.15) is 51.9 Å². The van der Waals surface area contributed by atoms with Crippen molar-refractivity contribution in [2.45, 2.75) is 57.9 Å². The Morgan fingerprint density at radius 2 is 1.85 bits per heavy atom. The second-order valence-electron chi connectivity index (χ2n) is 6.36. The number of carboxylic acids is 1. The number of carbonyl (C=O) groups is 2. The normalized spacial score (nSPS) is 33.6. The van der Waals surface area contributed by atoms with Gasteiger partial charge in [-0.3, -0.25) is 4.79 Å². The summed E-state index contributed by atoms with van der Waals surface area (Å²) < 4.78 is 0. The molecule has 2 fully saturated rings. The van der Waals surface area contributed by atoms with E-state index in [9.17, 15) is 9.59 Å². The van der Waals surface area contributed by atoms with Gasteiger partial charge in [0.2, 0.25) is 0 Å². The molecule has 20 heavy (non-hydrogen) atoms. The minimum atomic E-state index is -0.797. The molecule has 3 N–H and O–H groups in total. The van der Waals surface area contributed by atoms with Crippen LogP contribution in [0.3, 0.4) is 0 Å². The van der Waals surface area contributed by atoms with Gasteiger partial charge in [-0.25, -0.2) is 4.79 Å². The number of aliphatic carboxylic acids is 1. The maximum absolute atomic E-state index is 11.9. The molecule has 114 valence electrons. The molecular weight excluding hydrogens is 256 g/mol. The summed E-state index contributed by atoms with van der Waals surface area (Å²) in [6.07, 6.45) is 7.29. The number of hydrogen-bond donors (Lipinski definition) is 3. The highest BCUT2D eigenvalue weighted by molar-refractivity contribution is 5.77. The number of carboxylic acid groups (broad SMARTS) is 1. The average molecular weight is 282 g/mol. The summed E-state index contributed by atoms with van der Waals surface area (Å²) in [5.41, 5.74) is 0. The van der Waals surface area contributed by atoms with E-state index >= 15 is 0 Å². The first-order valence-electron chi connectivity index (χ1n) is 7.85. The minimum Gasteiger partial charge on any atom is -0.481 e. The fourth-order valence-corrected chi connectivity index (χ4v) is 3.57. The van der Waals surface area contributed by atoms with Gasteiger partial charge in [0, 0.05) is 12.6 Å². The molecule has 2 amide bonds. The van der Waals surface area contributed by atoms with Gasteiger partial charge in [-0.15, -0.1) is 0 Å². The van der Waals surface area contributed by atoms with Crippen LogP contribution in [0.2, 0.25) is 0 Å². The summed E-state index contributed by atoms with van der Waals surface area (Å²) in [5.74, 6) is 0.0127. The van der Waals surface area contributed by atoms with E-state index in [2.05, 4.69) is 17.6 Å². The van der Waals surface area contributed by atoms with E-state index < -0.39 is 11.9 Å². The van der Waals surface area contributed by atoms with Crippen LogP contribution in [-0.2, 0) is 4.79 Å². The van der Waals surface area contributed by atoms with E-state index in [-0.39, 0.29) is 12.1 Å². The van der Waals surface area contributed by atoms with Gasteiger partial charge in [-0.2, -0.15) is 0 Å². The molecule has 4 atom stereocenters. The van der Waals surface area contributed by atoms with Crippen molar-refractivity contribution in [1.29, 1.82) is 0 Å². The van der Waals surface area contributed by atoms with Crippen LogP contribution in [0.5, 0.6) is 0 Å². The molecule has 2 aliphatic rings. The average Bonchev–Trinajstić information content (AvgIpc) is 2.86. The Morgan fingerprint density at radius 1 is 1.10 bits per heavy atom. The summed E-state index contributed by atoms with van der Waals surface area (Å²) >= 11 is 0. The van der Waals surface area contributed by atoms with Crippen LogP contribution in [0.15, 0.2) is 0 Å². The fraction of sp³-hybridized carbons (Fsp3) is 0.867. The topological polar surface area (TPSA) is 78.4 Å². The third-order valence-electron chi connectivity index (χ3n) is 4.96. The largest absolute Gasteiger partial charge is 0.481 e. The van der Waals surface area contributed by atoms with Crippen molar-refractivity contribution in [1.82, 2.24) is 10.6 Å². The van der Waals surface area contributed by atoms with Gasteiger partial charge < -0.3 is 15.7 Å². The third-order valence-corrected chi connectivity index (χ3v) is 4.96. The summed E-state index contributed by atoms with van der Waals surface area (Å²) in [4.78, 5) is 23.0. The Hall–Kier alpha value is -1.26. The number of carbonyl (C=O) groups excluding carboxylic acids is 1. The van der Waals surface area contributed by atoms with Crippen molar-refractivity contribution in [2.24, 2.45) is 17.8 Å². The van der Waals surface area contributed by atoms with Gasteiger partial charge in [0.05, 0.1) is 5.92 Å². The molecule has 2 rings (SSSR count). The Kier molecular flexibility index (Phi) is 5.26. The zero-order chi connectivity index (χ0) is 14.5. The predicted molar refractivity (Wildman–Crippen MR) is 76.4 cm³/mol. The van der Waals surface area contributed by atoms with E-state index in [1.807, 2.05) is 0 Å². The minimum absolute atomic E-state index is 0.207. The molecule has 0 heterocycles. The zero-order valence-corrected chi connectivity index (χ0v) is 12.2. The van der Waals surface area contributed by atoms with Crippen LogP contribution >= 0.6 is 0 Å². The highest BCUT2D eigenvalue weighted by Gasteiger charge is 2.34. The second-order valence-corrected chi connectivity index (χ2v) is 6.36. The van der Waals surface area contributed by atoms with E-state index in [0.29, 0.717) is 24.8 Å². The van der Waals surface area contributed by atoms with E-state index in [1.54, 1.807) is 0 Å². The molecule has 0 aromatic rings. The van der Waals surface area contributed by atoms with Crippen molar-refractivity contribution < 1.29 is 14.7 Å².